The highest BCUT2D eigenvalue weighted by molar-refractivity contribution is 4.82. The van der Waals surface area contributed by atoms with Crippen LogP contribution in [0.1, 0.15) is 60.3 Å². The molecule has 1 rings (SSSR count). The molecule has 1 N–H and O–H groups in total. The van der Waals surface area contributed by atoms with Gasteiger partial charge in [-0.1, -0.05) is 27.7 Å². The third kappa shape index (κ3) is 5.27. The summed E-state index contributed by atoms with van der Waals surface area (Å²) in [5.74, 6) is 0.919. The maximum atomic E-state index is 3.41. The van der Waals surface area contributed by atoms with Crippen molar-refractivity contribution < 1.29 is 0 Å². The van der Waals surface area contributed by atoms with Gasteiger partial charge in [-0.3, -0.25) is 0 Å². The maximum Gasteiger partial charge on any atom is 0.00674 e. The van der Waals surface area contributed by atoms with Gasteiger partial charge in [0.15, 0.2) is 0 Å². The molecular formula is C16H34N2. The molecule has 0 spiro atoms. The monoisotopic (exact) mass is 254 g/mol. The van der Waals surface area contributed by atoms with E-state index in [0.29, 0.717) is 5.41 Å². The zero-order valence-electron chi connectivity index (χ0n) is 13.3. The number of hydrogen-bond acceptors (Lipinski definition) is 2. The average molecular weight is 254 g/mol. The van der Waals surface area contributed by atoms with Crippen molar-refractivity contribution in [3.63, 3.8) is 0 Å². The Kier molecular flexibility index (Phi) is 6.65. The summed E-state index contributed by atoms with van der Waals surface area (Å²) in [6.07, 6.45) is 5.43. The van der Waals surface area contributed by atoms with Gasteiger partial charge in [-0.2, -0.15) is 0 Å². The molecule has 1 unspecified atom stereocenters. The molecule has 1 heterocycles. The molecule has 1 atom stereocenters. The topological polar surface area (TPSA) is 15.3 Å². The molecule has 0 aromatic heterocycles. The SMILES string of the molecule is CCNCCCC(C)N1CCC(C(C)(C)C)CC1. The molecule has 0 amide bonds. The summed E-state index contributed by atoms with van der Waals surface area (Å²) < 4.78 is 0. The van der Waals surface area contributed by atoms with Crippen LogP contribution in [-0.2, 0) is 0 Å². The van der Waals surface area contributed by atoms with Crippen molar-refractivity contribution in [3.8, 4) is 0 Å². The normalized spacial score (nSPS) is 21.2. The number of likely N-dealkylation sites (tertiary alicyclic amines) is 1. The van der Waals surface area contributed by atoms with E-state index in [4.69, 9.17) is 0 Å². The van der Waals surface area contributed by atoms with E-state index in [1.54, 1.807) is 0 Å². The fourth-order valence-corrected chi connectivity index (χ4v) is 3.09. The number of rotatable bonds is 6. The van der Waals surface area contributed by atoms with E-state index in [-0.39, 0.29) is 0 Å². The molecule has 0 saturated carbocycles. The van der Waals surface area contributed by atoms with Gasteiger partial charge in [0.25, 0.3) is 0 Å². The van der Waals surface area contributed by atoms with E-state index < -0.39 is 0 Å². The first kappa shape index (κ1) is 16.0. The van der Waals surface area contributed by atoms with Gasteiger partial charge in [-0.15, -0.1) is 0 Å². The Balaban J connectivity index is 2.21. The molecule has 2 nitrogen and oxygen atoms in total. The zero-order valence-corrected chi connectivity index (χ0v) is 13.3. The second-order valence-corrected chi connectivity index (χ2v) is 7.02. The summed E-state index contributed by atoms with van der Waals surface area (Å²) in [6, 6.07) is 0.768. The van der Waals surface area contributed by atoms with Crippen LogP contribution in [-0.4, -0.2) is 37.1 Å². The lowest BCUT2D eigenvalue weighted by Crippen LogP contribution is -2.42. The van der Waals surface area contributed by atoms with E-state index in [1.165, 1.54) is 45.3 Å². The molecule has 0 aromatic carbocycles. The van der Waals surface area contributed by atoms with E-state index in [2.05, 4.69) is 44.8 Å². The third-order valence-corrected chi connectivity index (χ3v) is 4.60. The minimum atomic E-state index is 0.500. The molecule has 0 radical (unpaired) electrons. The second kappa shape index (κ2) is 7.49. The van der Waals surface area contributed by atoms with Crippen LogP contribution in [0.2, 0.25) is 0 Å². The lowest BCUT2D eigenvalue weighted by molar-refractivity contribution is 0.0844. The Morgan fingerprint density at radius 1 is 1.22 bits per heavy atom. The van der Waals surface area contributed by atoms with Gasteiger partial charge in [0.1, 0.15) is 0 Å². The number of nitrogens with one attached hydrogen (secondary N) is 1. The highest BCUT2D eigenvalue weighted by Crippen LogP contribution is 2.34. The molecule has 0 aliphatic carbocycles. The quantitative estimate of drug-likeness (QED) is 0.730. The van der Waals surface area contributed by atoms with Crippen LogP contribution < -0.4 is 5.32 Å². The Bertz CT molecular complexity index is 212. The highest BCUT2D eigenvalue weighted by Gasteiger charge is 2.29. The van der Waals surface area contributed by atoms with Crippen molar-refractivity contribution in [2.45, 2.75) is 66.3 Å². The lowest BCUT2D eigenvalue weighted by atomic mass is 9.75. The Morgan fingerprint density at radius 3 is 2.33 bits per heavy atom. The summed E-state index contributed by atoms with van der Waals surface area (Å²) >= 11 is 0. The molecule has 0 aromatic rings. The van der Waals surface area contributed by atoms with Gasteiger partial charge in [-0.25, -0.2) is 0 Å². The molecule has 2 heteroatoms. The van der Waals surface area contributed by atoms with Crippen LogP contribution >= 0.6 is 0 Å². The molecule has 1 aliphatic heterocycles. The zero-order chi connectivity index (χ0) is 13.6. The minimum Gasteiger partial charge on any atom is -0.317 e. The molecule has 1 saturated heterocycles. The molecular weight excluding hydrogens is 220 g/mol. The van der Waals surface area contributed by atoms with Crippen molar-refractivity contribution in [2.75, 3.05) is 26.2 Å². The van der Waals surface area contributed by atoms with Crippen LogP contribution in [0.15, 0.2) is 0 Å². The number of hydrogen-bond donors (Lipinski definition) is 1. The van der Waals surface area contributed by atoms with Crippen molar-refractivity contribution in [3.05, 3.63) is 0 Å². The van der Waals surface area contributed by atoms with Gasteiger partial charge >= 0.3 is 0 Å². The largest absolute Gasteiger partial charge is 0.317 e. The highest BCUT2D eigenvalue weighted by atomic mass is 15.2. The van der Waals surface area contributed by atoms with E-state index in [1.807, 2.05) is 0 Å². The van der Waals surface area contributed by atoms with E-state index >= 15 is 0 Å². The number of nitrogens with zero attached hydrogens (tertiary/aromatic N) is 1. The first-order chi connectivity index (χ1) is 8.45. The molecule has 1 fully saturated rings. The lowest BCUT2D eigenvalue weighted by Gasteiger charge is -2.41. The number of piperidine rings is 1. The van der Waals surface area contributed by atoms with Gasteiger partial charge in [-0.05, 0) is 70.1 Å². The molecule has 18 heavy (non-hydrogen) atoms. The standard InChI is InChI=1S/C16H34N2/c1-6-17-11-7-8-14(2)18-12-9-15(10-13-18)16(3,4)5/h14-15,17H,6-13H2,1-5H3. The van der Waals surface area contributed by atoms with Crippen molar-refractivity contribution >= 4 is 0 Å². The summed E-state index contributed by atoms with van der Waals surface area (Å²) in [4.78, 5) is 2.70. The fraction of sp³-hybridized carbons (Fsp3) is 1.00. The van der Waals surface area contributed by atoms with Crippen LogP contribution in [0.5, 0.6) is 0 Å². The molecule has 1 aliphatic rings. The van der Waals surface area contributed by atoms with Crippen LogP contribution in [0.4, 0.5) is 0 Å². The van der Waals surface area contributed by atoms with Crippen LogP contribution in [0.25, 0.3) is 0 Å². The second-order valence-electron chi connectivity index (χ2n) is 7.02. The average Bonchev–Trinajstić information content (AvgIpc) is 2.33. The first-order valence-corrected chi connectivity index (χ1v) is 7.90. The van der Waals surface area contributed by atoms with Gasteiger partial charge in [0.05, 0.1) is 0 Å². The predicted molar refractivity (Wildman–Crippen MR) is 81.0 cm³/mol. The van der Waals surface area contributed by atoms with Crippen molar-refractivity contribution in [1.29, 1.82) is 0 Å². The Labute approximate surface area is 115 Å². The van der Waals surface area contributed by atoms with Gasteiger partial charge < -0.3 is 10.2 Å². The summed E-state index contributed by atoms with van der Waals surface area (Å²) in [5.41, 5.74) is 0.500. The minimum absolute atomic E-state index is 0.500. The molecule has 0 bridgehead atoms. The third-order valence-electron chi connectivity index (χ3n) is 4.60. The Morgan fingerprint density at radius 2 is 1.83 bits per heavy atom. The maximum absolute atomic E-state index is 3.41. The van der Waals surface area contributed by atoms with Crippen molar-refractivity contribution in [1.82, 2.24) is 10.2 Å². The Hall–Kier alpha value is -0.0800. The summed E-state index contributed by atoms with van der Waals surface area (Å²) in [7, 11) is 0. The predicted octanol–water partition coefficient (Wildman–Crippen LogP) is 3.52. The smallest absolute Gasteiger partial charge is 0.00674 e. The fourth-order valence-electron chi connectivity index (χ4n) is 3.09. The van der Waals surface area contributed by atoms with E-state index in [0.717, 1.165) is 18.5 Å². The van der Waals surface area contributed by atoms with Crippen LogP contribution in [0.3, 0.4) is 0 Å². The van der Waals surface area contributed by atoms with Gasteiger partial charge in [0.2, 0.25) is 0 Å². The van der Waals surface area contributed by atoms with E-state index in [9.17, 15) is 0 Å². The van der Waals surface area contributed by atoms with Crippen molar-refractivity contribution in [2.24, 2.45) is 11.3 Å². The van der Waals surface area contributed by atoms with Gasteiger partial charge in [0, 0.05) is 6.04 Å². The van der Waals surface area contributed by atoms with Crippen LogP contribution in [0, 0.1) is 11.3 Å². The molecule has 108 valence electrons. The summed E-state index contributed by atoms with van der Waals surface area (Å²) in [5, 5.41) is 3.41. The summed E-state index contributed by atoms with van der Waals surface area (Å²) in [6.45, 7) is 16.7. The first-order valence-electron chi connectivity index (χ1n) is 7.90.